The van der Waals surface area contributed by atoms with Crippen LogP contribution < -0.4 is 10.5 Å². The maximum atomic E-state index is 11.9. The molecule has 96 valence electrons. The zero-order chi connectivity index (χ0) is 13.2. The Balaban J connectivity index is 2.16. The van der Waals surface area contributed by atoms with Crippen molar-refractivity contribution in [1.29, 1.82) is 0 Å². The van der Waals surface area contributed by atoms with E-state index in [-0.39, 0.29) is 23.0 Å². The second kappa shape index (κ2) is 4.70. The van der Waals surface area contributed by atoms with Gasteiger partial charge < -0.3 is 10.3 Å². The molecule has 0 fully saturated rings. The molecule has 18 heavy (non-hydrogen) atoms. The summed E-state index contributed by atoms with van der Waals surface area (Å²) >= 11 is 0. The van der Waals surface area contributed by atoms with Gasteiger partial charge in [0.15, 0.2) is 5.82 Å². The summed E-state index contributed by atoms with van der Waals surface area (Å²) in [7, 11) is -3.74. The van der Waals surface area contributed by atoms with Gasteiger partial charge in [0.1, 0.15) is 4.90 Å². The maximum Gasteiger partial charge on any atom is 0.244 e. The van der Waals surface area contributed by atoms with Crippen molar-refractivity contribution in [1.82, 2.24) is 19.8 Å². The number of anilines is 1. The zero-order valence-corrected chi connectivity index (χ0v) is 10.3. The van der Waals surface area contributed by atoms with E-state index in [9.17, 15) is 8.42 Å². The van der Waals surface area contributed by atoms with Crippen molar-refractivity contribution in [2.45, 2.75) is 18.4 Å². The van der Waals surface area contributed by atoms with Crippen molar-refractivity contribution >= 4 is 15.7 Å². The second-order valence-electron chi connectivity index (χ2n) is 3.47. The average Bonchev–Trinajstić information content (AvgIpc) is 2.73. The molecular weight excluding hydrogens is 258 g/mol. The van der Waals surface area contributed by atoms with E-state index in [1.165, 1.54) is 18.5 Å². The quantitative estimate of drug-likeness (QED) is 0.789. The number of aryl methyl sites for hydroxylation is 1. The molecule has 0 aliphatic carbocycles. The summed E-state index contributed by atoms with van der Waals surface area (Å²) in [5, 5.41) is 3.58. The minimum absolute atomic E-state index is 0.0754. The van der Waals surface area contributed by atoms with Crippen molar-refractivity contribution in [3.8, 4) is 0 Å². The molecule has 8 nitrogen and oxygen atoms in total. The number of pyridine rings is 1. The highest BCUT2D eigenvalue weighted by Gasteiger charge is 2.18. The molecule has 2 aromatic heterocycles. The SMILES string of the molecule is Cc1nc(CNS(=O)(=O)c2cnccc2N)no1. The molecule has 0 saturated carbocycles. The first kappa shape index (κ1) is 12.5. The summed E-state index contributed by atoms with van der Waals surface area (Å²) in [6.45, 7) is 1.54. The summed E-state index contributed by atoms with van der Waals surface area (Å²) in [5.41, 5.74) is 5.70. The summed E-state index contributed by atoms with van der Waals surface area (Å²) in [6.07, 6.45) is 2.59. The zero-order valence-electron chi connectivity index (χ0n) is 9.49. The van der Waals surface area contributed by atoms with Gasteiger partial charge in [-0.05, 0) is 6.07 Å². The highest BCUT2D eigenvalue weighted by molar-refractivity contribution is 7.89. The first-order valence-electron chi connectivity index (χ1n) is 4.97. The van der Waals surface area contributed by atoms with Crippen LogP contribution in [0.3, 0.4) is 0 Å². The molecule has 2 heterocycles. The van der Waals surface area contributed by atoms with E-state index in [4.69, 9.17) is 10.3 Å². The summed E-state index contributed by atoms with van der Waals surface area (Å²) < 4.78 is 30.9. The van der Waals surface area contributed by atoms with Crippen LogP contribution in [0.15, 0.2) is 27.9 Å². The smallest absolute Gasteiger partial charge is 0.244 e. The second-order valence-corrected chi connectivity index (χ2v) is 5.20. The number of rotatable bonds is 4. The lowest BCUT2D eigenvalue weighted by atomic mass is 10.4. The van der Waals surface area contributed by atoms with E-state index in [0.717, 1.165) is 0 Å². The first-order chi connectivity index (χ1) is 8.49. The predicted molar refractivity (Wildman–Crippen MR) is 61.7 cm³/mol. The Morgan fingerprint density at radius 2 is 2.28 bits per heavy atom. The third kappa shape index (κ3) is 2.63. The van der Waals surface area contributed by atoms with Crippen LogP contribution in [0.5, 0.6) is 0 Å². The number of nitrogens with two attached hydrogens (primary N) is 1. The van der Waals surface area contributed by atoms with Crippen molar-refractivity contribution in [3.05, 3.63) is 30.2 Å². The standard InChI is InChI=1S/C9H11N5O3S/c1-6-13-9(14-17-6)5-12-18(15,16)8-4-11-3-2-7(8)10/h2-4,12H,5H2,1H3,(H2,10,11). The molecule has 2 aromatic rings. The van der Waals surface area contributed by atoms with E-state index in [1.807, 2.05) is 0 Å². The molecule has 0 aliphatic rings. The van der Waals surface area contributed by atoms with Crippen LogP contribution in [0, 0.1) is 6.92 Å². The van der Waals surface area contributed by atoms with Crippen LogP contribution in [-0.4, -0.2) is 23.5 Å². The van der Waals surface area contributed by atoms with Crippen molar-refractivity contribution < 1.29 is 12.9 Å². The number of hydrogen-bond acceptors (Lipinski definition) is 7. The fourth-order valence-corrected chi connectivity index (χ4v) is 2.32. The summed E-state index contributed by atoms with van der Waals surface area (Å²) in [6, 6.07) is 1.41. The molecule has 0 unspecified atom stereocenters. The number of sulfonamides is 1. The van der Waals surface area contributed by atoms with Gasteiger partial charge >= 0.3 is 0 Å². The van der Waals surface area contributed by atoms with E-state index in [0.29, 0.717) is 5.89 Å². The molecule has 0 saturated heterocycles. The average molecular weight is 269 g/mol. The first-order valence-corrected chi connectivity index (χ1v) is 6.46. The molecule has 0 aromatic carbocycles. The molecule has 0 atom stereocenters. The molecule has 9 heteroatoms. The highest BCUT2D eigenvalue weighted by atomic mass is 32.2. The predicted octanol–water partition coefficient (Wildman–Crippen LogP) is -0.166. The normalized spacial score (nSPS) is 11.6. The summed E-state index contributed by atoms with van der Waals surface area (Å²) in [4.78, 5) is 7.52. The number of nitrogens with one attached hydrogen (secondary N) is 1. The number of nitrogens with zero attached hydrogens (tertiary/aromatic N) is 3. The van der Waals surface area contributed by atoms with Crippen molar-refractivity contribution in [2.75, 3.05) is 5.73 Å². The van der Waals surface area contributed by atoms with Crippen LogP contribution in [0.2, 0.25) is 0 Å². The lowest BCUT2D eigenvalue weighted by Crippen LogP contribution is -2.24. The Hall–Kier alpha value is -2.00. The molecule has 2 rings (SSSR count). The Morgan fingerprint density at radius 1 is 1.50 bits per heavy atom. The minimum Gasteiger partial charge on any atom is -0.398 e. The maximum absolute atomic E-state index is 11.9. The number of nitrogen functional groups attached to an aromatic ring is 1. The van der Waals surface area contributed by atoms with Crippen LogP contribution in [0.1, 0.15) is 11.7 Å². The van der Waals surface area contributed by atoms with Crippen LogP contribution in [0.4, 0.5) is 5.69 Å². The number of hydrogen-bond donors (Lipinski definition) is 2. The third-order valence-electron chi connectivity index (χ3n) is 2.10. The van der Waals surface area contributed by atoms with E-state index in [2.05, 4.69) is 19.8 Å². The van der Waals surface area contributed by atoms with Gasteiger partial charge in [-0.15, -0.1) is 0 Å². The van der Waals surface area contributed by atoms with Gasteiger partial charge in [-0.25, -0.2) is 13.1 Å². The van der Waals surface area contributed by atoms with Crippen LogP contribution in [0.25, 0.3) is 0 Å². The number of aromatic nitrogens is 3. The van der Waals surface area contributed by atoms with Gasteiger partial charge in [-0.1, -0.05) is 5.16 Å². The Kier molecular flexibility index (Phi) is 3.26. The van der Waals surface area contributed by atoms with Crippen LogP contribution >= 0.6 is 0 Å². The molecular formula is C9H11N5O3S. The van der Waals surface area contributed by atoms with E-state index in [1.54, 1.807) is 6.92 Å². The molecule has 0 bridgehead atoms. The van der Waals surface area contributed by atoms with Gasteiger partial charge in [-0.3, -0.25) is 4.98 Å². The Labute approximate surface area is 103 Å². The largest absolute Gasteiger partial charge is 0.398 e. The van der Waals surface area contributed by atoms with Crippen molar-refractivity contribution in [2.24, 2.45) is 0 Å². The summed E-state index contributed by atoms with van der Waals surface area (Å²) in [5.74, 6) is 0.614. The monoisotopic (exact) mass is 269 g/mol. The van der Waals surface area contributed by atoms with Gasteiger partial charge in [0.25, 0.3) is 0 Å². The van der Waals surface area contributed by atoms with Crippen molar-refractivity contribution in [3.63, 3.8) is 0 Å². The molecule has 0 spiro atoms. The van der Waals surface area contributed by atoms with E-state index >= 15 is 0 Å². The topological polar surface area (TPSA) is 124 Å². The van der Waals surface area contributed by atoms with Gasteiger partial charge in [0, 0.05) is 19.3 Å². The molecule has 0 radical (unpaired) electrons. The molecule has 0 amide bonds. The fraction of sp³-hybridized carbons (Fsp3) is 0.222. The fourth-order valence-electron chi connectivity index (χ4n) is 1.27. The lowest BCUT2D eigenvalue weighted by molar-refractivity contribution is 0.387. The molecule has 3 N–H and O–H groups in total. The van der Waals surface area contributed by atoms with Gasteiger partial charge in [-0.2, -0.15) is 4.98 Å². The van der Waals surface area contributed by atoms with Crippen LogP contribution in [-0.2, 0) is 16.6 Å². The third-order valence-corrected chi connectivity index (χ3v) is 3.54. The minimum atomic E-state index is -3.74. The Morgan fingerprint density at radius 3 is 2.89 bits per heavy atom. The van der Waals surface area contributed by atoms with Gasteiger partial charge in [0.2, 0.25) is 15.9 Å². The Bertz CT molecular complexity index is 652. The highest BCUT2D eigenvalue weighted by Crippen LogP contribution is 2.15. The lowest BCUT2D eigenvalue weighted by Gasteiger charge is -2.06. The van der Waals surface area contributed by atoms with Gasteiger partial charge in [0.05, 0.1) is 12.2 Å². The molecule has 0 aliphatic heterocycles. The van der Waals surface area contributed by atoms with E-state index < -0.39 is 10.0 Å².